The number of rotatable bonds is 0. The summed E-state index contributed by atoms with van der Waals surface area (Å²) in [5.74, 6) is 0. The van der Waals surface area contributed by atoms with Gasteiger partial charge in [0, 0.05) is 23.9 Å². The van der Waals surface area contributed by atoms with Gasteiger partial charge in [0.1, 0.15) is 0 Å². The summed E-state index contributed by atoms with van der Waals surface area (Å²) in [5, 5.41) is 0. The van der Waals surface area contributed by atoms with Crippen molar-refractivity contribution in [3.63, 3.8) is 0 Å². The maximum atomic E-state index is 8.12. The minimum absolute atomic E-state index is 0. The molecule has 52 valence electrons. The largest absolute Gasteiger partial charge is 0.373 e. The summed E-state index contributed by atoms with van der Waals surface area (Å²) in [5.41, 5.74) is 0. The first kappa shape index (κ1) is 38.6. The van der Waals surface area contributed by atoms with Crippen LogP contribution in [0.4, 0.5) is 0 Å². The van der Waals surface area contributed by atoms with Crippen molar-refractivity contribution in [2.75, 3.05) is 0 Å². The molecule has 0 N–H and O–H groups in total. The monoisotopic (exact) mass is 240 g/mol. The van der Waals surface area contributed by atoms with Gasteiger partial charge in [0.25, 0.3) is 0 Å². The Hall–Kier alpha value is -0.441. The Morgan fingerprint density at radius 3 is 0.667 bits per heavy atom. The third-order valence-electron chi connectivity index (χ3n) is 0. The first-order chi connectivity index (χ1) is 2.83. The molecule has 0 aromatic heterocycles. The topological polar surface area (TPSA) is 68.3 Å². The summed E-state index contributed by atoms with van der Waals surface area (Å²) in [7, 11) is 0. The van der Waals surface area contributed by atoms with Gasteiger partial charge < -0.3 is 0 Å². The van der Waals surface area contributed by atoms with E-state index in [1.54, 1.807) is 0 Å². The average Bonchev–Trinajstić information content (AvgIpc) is 1.39. The van der Waals surface area contributed by atoms with E-state index in [1.165, 1.54) is 0 Å². The molecule has 0 heterocycles. The zero-order chi connectivity index (χ0) is 5.41. The van der Waals surface area contributed by atoms with Gasteiger partial charge in [0.05, 0.1) is 0 Å². The molecular formula is C4H8O4Sn. The summed E-state index contributed by atoms with van der Waals surface area (Å²) in [6.07, 6.45) is 0.500. The second kappa shape index (κ2) is 134. The fourth-order valence-electron chi connectivity index (χ4n) is 0. The van der Waals surface area contributed by atoms with E-state index >= 15 is 0 Å². The van der Waals surface area contributed by atoms with E-state index in [0.717, 1.165) is 0 Å². The van der Waals surface area contributed by atoms with Gasteiger partial charge in [0.15, 0.2) is 0 Å². The van der Waals surface area contributed by atoms with Crippen molar-refractivity contribution in [2.45, 2.75) is 14.9 Å². The second-order valence-corrected chi connectivity index (χ2v) is 0.167. The number of hydrogen-bond donors (Lipinski definition) is 0. The van der Waals surface area contributed by atoms with E-state index in [4.69, 9.17) is 19.2 Å². The molecule has 0 aliphatic heterocycles. The van der Waals surface area contributed by atoms with Crippen LogP contribution in [0.5, 0.6) is 0 Å². The Morgan fingerprint density at radius 1 is 0.667 bits per heavy atom. The van der Waals surface area contributed by atoms with Gasteiger partial charge in [-0.2, -0.15) is 19.2 Å². The Balaban J connectivity index is -0.00000000889. The molecule has 0 unspecified atom stereocenters. The summed E-state index contributed by atoms with van der Waals surface area (Å²) in [4.78, 5) is 32.5. The van der Waals surface area contributed by atoms with Crippen LogP contribution in [0, 0.1) is 0 Å². The van der Waals surface area contributed by atoms with E-state index in [0.29, 0.717) is 0 Å². The Labute approximate surface area is 70.6 Å². The van der Waals surface area contributed by atoms with Crippen LogP contribution in [-0.4, -0.2) is 36.2 Å². The van der Waals surface area contributed by atoms with E-state index < -0.39 is 0 Å². The van der Waals surface area contributed by atoms with E-state index in [2.05, 4.69) is 0 Å². The average molecular weight is 239 g/mol. The van der Waals surface area contributed by atoms with Crippen molar-refractivity contribution in [3.8, 4) is 0 Å². The molecule has 0 aliphatic rings. The number of hydrogen-bond acceptors (Lipinski definition) is 4. The van der Waals surface area contributed by atoms with E-state index in [1.807, 2.05) is 0 Å². The minimum Gasteiger partial charge on any atom is -0.186 e. The second-order valence-electron chi connectivity index (χ2n) is 0.167. The molecule has 0 amide bonds. The van der Waals surface area contributed by atoms with Gasteiger partial charge in [0.2, 0.25) is 0 Å². The molecule has 4 radical (unpaired) electrons. The molecule has 5 heteroatoms. The number of carbonyl (C=O) groups excluding carboxylic acids is 4. The first-order valence-electron chi connectivity index (χ1n) is 0.816. The summed E-state index contributed by atoms with van der Waals surface area (Å²) in [6, 6.07) is 0. The van der Waals surface area contributed by atoms with Gasteiger partial charge in [-0.15, -0.1) is 0 Å². The van der Waals surface area contributed by atoms with Crippen molar-refractivity contribution in [1.82, 2.24) is 0 Å². The molecule has 9 heavy (non-hydrogen) atoms. The molecule has 0 atom stereocenters. The molecule has 4 nitrogen and oxygen atoms in total. The van der Waals surface area contributed by atoms with Crippen LogP contribution >= 0.6 is 0 Å². The van der Waals surface area contributed by atoms with Crippen molar-refractivity contribution in [2.24, 2.45) is 0 Å². The van der Waals surface area contributed by atoms with Crippen molar-refractivity contribution in [1.29, 1.82) is 0 Å². The van der Waals surface area contributed by atoms with Crippen LogP contribution in [0.25, 0.3) is 0 Å². The zero-order valence-electron chi connectivity index (χ0n) is 3.13. The fourth-order valence-corrected chi connectivity index (χ4v) is 0. The van der Waals surface area contributed by atoms with Crippen molar-refractivity contribution < 1.29 is 19.2 Å². The van der Waals surface area contributed by atoms with Gasteiger partial charge >= 0.3 is 12.3 Å². The molecule has 0 saturated heterocycles. The fraction of sp³-hybridized carbons (Fsp3) is 0.500. The minimum atomic E-state index is 0. The molecule has 0 bridgehead atoms. The molecule has 0 aromatic rings. The maximum absolute atomic E-state index is 8.12. The third-order valence-corrected chi connectivity index (χ3v) is 0. The standard InChI is InChI=1S/2CO2.2CH4.Sn/c2*2-1-3;;;/h;;2*1H4;. The maximum Gasteiger partial charge on any atom is 0.373 e. The zero-order valence-corrected chi connectivity index (χ0v) is 5.99. The first-order valence-corrected chi connectivity index (χ1v) is 0.816. The smallest absolute Gasteiger partial charge is 0.186 e. The Bertz CT molecular complexity index is 66.6. The van der Waals surface area contributed by atoms with Gasteiger partial charge in [-0.3, -0.25) is 0 Å². The molecule has 0 aliphatic carbocycles. The Kier molecular flexibility index (Phi) is 574. The molecule has 0 fully saturated rings. The molecule has 0 aromatic carbocycles. The van der Waals surface area contributed by atoms with Crippen molar-refractivity contribution in [3.05, 3.63) is 0 Å². The molecule has 0 spiro atoms. The van der Waals surface area contributed by atoms with E-state index in [9.17, 15) is 0 Å². The normalized spacial score (nSPS) is 1.78. The van der Waals surface area contributed by atoms with Crippen LogP contribution in [0.3, 0.4) is 0 Å². The van der Waals surface area contributed by atoms with Crippen LogP contribution in [0.2, 0.25) is 0 Å². The third kappa shape index (κ3) is 1200. The van der Waals surface area contributed by atoms with Gasteiger partial charge in [-0.05, 0) is 0 Å². The van der Waals surface area contributed by atoms with Crippen LogP contribution in [0.1, 0.15) is 14.9 Å². The van der Waals surface area contributed by atoms with Crippen LogP contribution in [-0.2, 0) is 19.2 Å². The van der Waals surface area contributed by atoms with Gasteiger partial charge in [-0.1, -0.05) is 14.9 Å². The quantitative estimate of drug-likeness (QED) is 0.545. The summed E-state index contributed by atoms with van der Waals surface area (Å²) < 4.78 is 0. The molecule has 0 saturated carbocycles. The predicted molar refractivity (Wildman–Crippen MR) is 29.2 cm³/mol. The Morgan fingerprint density at radius 2 is 0.667 bits per heavy atom. The summed E-state index contributed by atoms with van der Waals surface area (Å²) >= 11 is 0. The SMILES string of the molecule is C.C.O=C=O.O=C=O.[Sn]. The van der Waals surface area contributed by atoms with E-state index in [-0.39, 0.29) is 51.1 Å². The van der Waals surface area contributed by atoms with Crippen LogP contribution < -0.4 is 0 Å². The summed E-state index contributed by atoms with van der Waals surface area (Å²) in [6.45, 7) is 0. The molecular weight excluding hydrogens is 231 g/mol. The molecule has 0 rings (SSSR count). The van der Waals surface area contributed by atoms with Crippen LogP contribution in [0.15, 0.2) is 0 Å². The van der Waals surface area contributed by atoms with Gasteiger partial charge in [-0.25, -0.2) is 0 Å². The predicted octanol–water partition coefficient (Wildman–Crippen LogP) is -0.276. The van der Waals surface area contributed by atoms with Crippen molar-refractivity contribution >= 4 is 36.2 Å².